The van der Waals surface area contributed by atoms with Crippen LogP contribution in [0.25, 0.3) is 0 Å². The summed E-state index contributed by atoms with van der Waals surface area (Å²) in [5, 5.41) is 13.5. The Morgan fingerprint density at radius 3 is 2.30 bits per heavy atom. The molecule has 2 N–H and O–H groups in total. The predicted molar refractivity (Wildman–Crippen MR) is 88.0 cm³/mol. The number of para-hydroxylation sites is 1. The lowest BCUT2D eigenvalue weighted by Gasteiger charge is -2.34. The number of aliphatic hydroxyl groups excluding tert-OH is 1. The highest BCUT2D eigenvalue weighted by molar-refractivity contribution is 9.10. The fourth-order valence-electron chi connectivity index (χ4n) is 2.30. The molecule has 2 nitrogen and oxygen atoms in total. The van der Waals surface area contributed by atoms with E-state index in [-0.39, 0.29) is 6.61 Å². The molecule has 0 radical (unpaired) electrons. The van der Waals surface area contributed by atoms with Gasteiger partial charge in [-0.1, -0.05) is 48.9 Å². The van der Waals surface area contributed by atoms with Crippen LogP contribution < -0.4 is 5.32 Å². The molecule has 3 heteroatoms. The van der Waals surface area contributed by atoms with E-state index in [0.717, 1.165) is 22.1 Å². The van der Waals surface area contributed by atoms with E-state index in [0.29, 0.717) is 0 Å². The molecule has 0 aliphatic rings. The van der Waals surface area contributed by atoms with Gasteiger partial charge >= 0.3 is 0 Å². The van der Waals surface area contributed by atoms with Crippen molar-refractivity contribution in [1.29, 1.82) is 0 Å². The van der Waals surface area contributed by atoms with Crippen LogP contribution in [0.5, 0.6) is 0 Å². The number of hydrogen-bond donors (Lipinski definition) is 2. The van der Waals surface area contributed by atoms with Gasteiger partial charge in [0.25, 0.3) is 0 Å². The second-order valence-corrected chi connectivity index (χ2v) is 5.92. The van der Waals surface area contributed by atoms with E-state index in [4.69, 9.17) is 0 Å². The Balaban J connectivity index is 2.39. The molecule has 0 saturated carbocycles. The van der Waals surface area contributed by atoms with E-state index in [9.17, 15) is 5.11 Å². The lowest BCUT2D eigenvalue weighted by atomic mass is 9.87. The molecule has 20 heavy (non-hydrogen) atoms. The van der Waals surface area contributed by atoms with Crippen molar-refractivity contribution >= 4 is 21.6 Å². The fraction of sp³-hybridized carbons (Fsp3) is 0.294. The average Bonchev–Trinajstić information content (AvgIpc) is 2.48. The minimum absolute atomic E-state index is 0.0495. The molecular weight excluding hydrogens is 314 g/mol. The maximum atomic E-state index is 9.97. The maximum absolute atomic E-state index is 9.97. The van der Waals surface area contributed by atoms with Crippen molar-refractivity contribution in [2.45, 2.75) is 25.8 Å². The molecule has 0 aliphatic heterocycles. The molecule has 2 rings (SSSR count). The number of benzene rings is 2. The summed E-state index contributed by atoms with van der Waals surface area (Å²) in [4.78, 5) is 0. The molecule has 0 aromatic heterocycles. The fourth-order valence-corrected chi connectivity index (χ4v) is 2.68. The van der Waals surface area contributed by atoms with Crippen LogP contribution in [0.2, 0.25) is 0 Å². The van der Waals surface area contributed by atoms with Gasteiger partial charge in [-0.25, -0.2) is 0 Å². The van der Waals surface area contributed by atoms with E-state index in [1.165, 1.54) is 5.56 Å². The number of nitrogens with one attached hydrogen (secondary N) is 1. The summed E-state index contributed by atoms with van der Waals surface area (Å²) in [6.07, 6.45) is 0.799. The minimum Gasteiger partial charge on any atom is -0.394 e. The minimum atomic E-state index is -0.461. The largest absolute Gasteiger partial charge is 0.394 e. The number of aryl methyl sites for hydroxylation is 1. The number of halogens is 1. The summed E-state index contributed by atoms with van der Waals surface area (Å²) in [6.45, 7) is 4.20. The zero-order valence-electron chi connectivity index (χ0n) is 11.9. The molecule has 0 fully saturated rings. The quantitative estimate of drug-likeness (QED) is 0.846. The normalized spacial score (nSPS) is 13.8. The third-order valence-electron chi connectivity index (χ3n) is 3.73. The summed E-state index contributed by atoms with van der Waals surface area (Å²) in [5.41, 5.74) is 2.85. The van der Waals surface area contributed by atoms with Gasteiger partial charge in [-0.05, 0) is 47.0 Å². The van der Waals surface area contributed by atoms with E-state index < -0.39 is 5.54 Å². The standard InChI is InChI=1S/C17H20BrNO/c1-3-17(12-20,14-10-8-13(2)9-11-14)19-16-7-5-4-6-15(16)18/h4-11,19-20H,3,12H2,1-2H3. The topological polar surface area (TPSA) is 32.3 Å². The van der Waals surface area contributed by atoms with Crippen molar-refractivity contribution in [3.63, 3.8) is 0 Å². The van der Waals surface area contributed by atoms with Gasteiger partial charge in [0.2, 0.25) is 0 Å². The van der Waals surface area contributed by atoms with Crippen molar-refractivity contribution in [2.75, 3.05) is 11.9 Å². The van der Waals surface area contributed by atoms with Crippen molar-refractivity contribution in [3.05, 3.63) is 64.1 Å². The van der Waals surface area contributed by atoms with Crippen LogP contribution >= 0.6 is 15.9 Å². The molecule has 2 aromatic carbocycles. The summed E-state index contributed by atoms with van der Waals surface area (Å²) in [5.74, 6) is 0. The smallest absolute Gasteiger partial charge is 0.0854 e. The average molecular weight is 334 g/mol. The van der Waals surface area contributed by atoms with Crippen LogP contribution in [0.4, 0.5) is 5.69 Å². The van der Waals surface area contributed by atoms with Crippen LogP contribution in [0, 0.1) is 6.92 Å². The molecule has 0 aliphatic carbocycles. The van der Waals surface area contributed by atoms with E-state index in [1.807, 2.05) is 24.3 Å². The van der Waals surface area contributed by atoms with Crippen LogP contribution in [0.3, 0.4) is 0 Å². The Morgan fingerprint density at radius 1 is 1.10 bits per heavy atom. The Kier molecular flexibility index (Phi) is 4.84. The molecule has 0 bridgehead atoms. The first kappa shape index (κ1) is 15.1. The molecule has 1 unspecified atom stereocenters. The third kappa shape index (κ3) is 3.05. The predicted octanol–water partition coefficient (Wildman–Crippen LogP) is 4.47. The Hall–Kier alpha value is -1.32. The van der Waals surface area contributed by atoms with Gasteiger partial charge in [-0.15, -0.1) is 0 Å². The lowest BCUT2D eigenvalue weighted by Crippen LogP contribution is -2.38. The SMILES string of the molecule is CCC(CO)(Nc1ccccc1Br)c1ccc(C)cc1. The van der Waals surface area contributed by atoms with E-state index in [1.54, 1.807) is 0 Å². The summed E-state index contributed by atoms with van der Waals surface area (Å²) in [6, 6.07) is 16.3. The molecule has 0 saturated heterocycles. The van der Waals surface area contributed by atoms with Crippen molar-refractivity contribution in [3.8, 4) is 0 Å². The number of aliphatic hydroxyl groups is 1. The first-order valence-electron chi connectivity index (χ1n) is 6.82. The third-order valence-corrected chi connectivity index (χ3v) is 4.42. The van der Waals surface area contributed by atoms with Gasteiger partial charge < -0.3 is 10.4 Å². The molecule has 0 amide bonds. The Morgan fingerprint density at radius 2 is 1.75 bits per heavy atom. The van der Waals surface area contributed by atoms with Gasteiger partial charge in [-0.2, -0.15) is 0 Å². The highest BCUT2D eigenvalue weighted by Crippen LogP contribution is 2.32. The Labute approximate surface area is 129 Å². The Bertz CT molecular complexity index is 561. The highest BCUT2D eigenvalue weighted by atomic mass is 79.9. The number of anilines is 1. The van der Waals surface area contributed by atoms with Gasteiger partial charge in [0, 0.05) is 10.2 Å². The van der Waals surface area contributed by atoms with Crippen LogP contribution in [-0.2, 0) is 5.54 Å². The van der Waals surface area contributed by atoms with E-state index in [2.05, 4.69) is 59.4 Å². The lowest BCUT2D eigenvalue weighted by molar-refractivity contribution is 0.207. The molecule has 2 aromatic rings. The van der Waals surface area contributed by atoms with Crippen LogP contribution in [-0.4, -0.2) is 11.7 Å². The van der Waals surface area contributed by atoms with Crippen molar-refractivity contribution in [2.24, 2.45) is 0 Å². The zero-order valence-corrected chi connectivity index (χ0v) is 13.4. The summed E-state index contributed by atoms with van der Waals surface area (Å²) in [7, 11) is 0. The molecule has 1 atom stereocenters. The maximum Gasteiger partial charge on any atom is 0.0854 e. The first-order valence-corrected chi connectivity index (χ1v) is 7.61. The number of rotatable bonds is 5. The molecular formula is C17H20BrNO. The first-order chi connectivity index (χ1) is 9.61. The summed E-state index contributed by atoms with van der Waals surface area (Å²) < 4.78 is 0.999. The van der Waals surface area contributed by atoms with Crippen LogP contribution in [0.1, 0.15) is 24.5 Å². The van der Waals surface area contributed by atoms with Gasteiger partial charge in [0.15, 0.2) is 0 Å². The van der Waals surface area contributed by atoms with E-state index >= 15 is 0 Å². The zero-order chi connectivity index (χ0) is 14.6. The molecule has 0 spiro atoms. The molecule has 106 valence electrons. The van der Waals surface area contributed by atoms with Crippen molar-refractivity contribution in [1.82, 2.24) is 0 Å². The second-order valence-electron chi connectivity index (χ2n) is 5.06. The molecule has 0 heterocycles. The van der Waals surface area contributed by atoms with Gasteiger partial charge in [-0.3, -0.25) is 0 Å². The van der Waals surface area contributed by atoms with Gasteiger partial charge in [0.1, 0.15) is 0 Å². The number of hydrogen-bond acceptors (Lipinski definition) is 2. The van der Waals surface area contributed by atoms with Gasteiger partial charge in [0.05, 0.1) is 12.1 Å². The monoisotopic (exact) mass is 333 g/mol. The second kappa shape index (κ2) is 6.42. The summed E-state index contributed by atoms with van der Waals surface area (Å²) >= 11 is 3.55. The van der Waals surface area contributed by atoms with Crippen LogP contribution in [0.15, 0.2) is 53.0 Å². The van der Waals surface area contributed by atoms with Crippen molar-refractivity contribution < 1.29 is 5.11 Å². The highest BCUT2D eigenvalue weighted by Gasteiger charge is 2.29.